The number of aromatic nitrogens is 2. The molecule has 0 spiro atoms. The number of halogens is 1. The van der Waals surface area contributed by atoms with E-state index in [1.54, 1.807) is 24.0 Å². The van der Waals surface area contributed by atoms with Gasteiger partial charge >= 0.3 is 5.97 Å². The Kier molecular flexibility index (Phi) is 4.48. The summed E-state index contributed by atoms with van der Waals surface area (Å²) in [4.78, 5) is 11.1. The SMILES string of the molecule is Cn1nccc1CCS(=O)(=O)c1ccc(Br)c(C(=O)O)c1. The molecule has 0 aliphatic rings. The van der Waals surface area contributed by atoms with Crippen molar-refractivity contribution < 1.29 is 18.3 Å². The fourth-order valence-corrected chi connectivity index (χ4v) is 3.57. The van der Waals surface area contributed by atoms with E-state index in [-0.39, 0.29) is 16.2 Å². The molecule has 0 saturated heterocycles. The first-order chi connectivity index (χ1) is 9.81. The van der Waals surface area contributed by atoms with Crippen LogP contribution in [-0.2, 0) is 23.3 Å². The molecular formula is C13H13BrN2O4S. The minimum atomic E-state index is -3.55. The van der Waals surface area contributed by atoms with Gasteiger partial charge in [0.05, 0.1) is 16.2 Å². The molecule has 1 aromatic heterocycles. The van der Waals surface area contributed by atoms with Crippen LogP contribution in [0.25, 0.3) is 0 Å². The third kappa shape index (κ3) is 3.51. The van der Waals surface area contributed by atoms with E-state index in [9.17, 15) is 13.2 Å². The van der Waals surface area contributed by atoms with Crippen LogP contribution < -0.4 is 0 Å². The molecular weight excluding hydrogens is 360 g/mol. The van der Waals surface area contributed by atoms with Gasteiger partial charge in [0.2, 0.25) is 0 Å². The number of carboxylic acids is 1. The molecule has 0 fully saturated rings. The van der Waals surface area contributed by atoms with Crippen molar-refractivity contribution in [1.29, 1.82) is 0 Å². The predicted octanol–water partition coefficient (Wildman–Crippen LogP) is 1.90. The fourth-order valence-electron chi connectivity index (χ4n) is 1.87. The molecule has 0 aliphatic carbocycles. The Balaban J connectivity index is 2.26. The first-order valence-corrected chi connectivity index (χ1v) is 8.48. The first-order valence-electron chi connectivity index (χ1n) is 6.04. The summed E-state index contributed by atoms with van der Waals surface area (Å²) in [6.45, 7) is 0. The van der Waals surface area contributed by atoms with Gasteiger partial charge in [-0.2, -0.15) is 5.10 Å². The lowest BCUT2D eigenvalue weighted by atomic mass is 10.2. The van der Waals surface area contributed by atoms with Gasteiger partial charge in [-0.15, -0.1) is 0 Å². The summed E-state index contributed by atoms with van der Waals surface area (Å²) in [5.74, 6) is -1.28. The van der Waals surface area contributed by atoms with Gasteiger partial charge in [0.15, 0.2) is 9.84 Å². The molecule has 0 saturated carbocycles. The maximum Gasteiger partial charge on any atom is 0.336 e. The van der Waals surface area contributed by atoms with E-state index in [4.69, 9.17) is 5.11 Å². The Morgan fingerprint density at radius 1 is 1.38 bits per heavy atom. The van der Waals surface area contributed by atoms with Crippen LogP contribution in [0.1, 0.15) is 16.1 Å². The molecule has 21 heavy (non-hydrogen) atoms. The second-order valence-corrected chi connectivity index (χ2v) is 7.43. The monoisotopic (exact) mass is 372 g/mol. The molecule has 1 heterocycles. The zero-order chi connectivity index (χ0) is 15.6. The summed E-state index contributed by atoms with van der Waals surface area (Å²) < 4.78 is 26.5. The molecule has 112 valence electrons. The quantitative estimate of drug-likeness (QED) is 0.865. The number of carbonyl (C=O) groups is 1. The van der Waals surface area contributed by atoms with Crippen molar-refractivity contribution in [2.45, 2.75) is 11.3 Å². The smallest absolute Gasteiger partial charge is 0.336 e. The third-order valence-electron chi connectivity index (χ3n) is 3.08. The standard InChI is InChI=1S/C13H13BrN2O4S/c1-16-9(4-6-15-16)5-7-21(19,20)10-2-3-12(14)11(8-10)13(17)18/h2-4,6,8H,5,7H2,1H3,(H,17,18). The summed E-state index contributed by atoms with van der Waals surface area (Å²) in [5.41, 5.74) is 0.728. The third-order valence-corrected chi connectivity index (χ3v) is 5.48. The van der Waals surface area contributed by atoms with Crippen LogP contribution in [0.2, 0.25) is 0 Å². The molecule has 1 N–H and O–H groups in total. The molecule has 0 radical (unpaired) electrons. The van der Waals surface area contributed by atoms with Crippen LogP contribution in [0, 0.1) is 0 Å². The molecule has 6 nitrogen and oxygen atoms in total. The molecule has 2 rings (SSSR count). The van der Waals surface area contributed by atoms with Crippen molar-refractivity contribution in [1.82, 2.24) is 9.78 Å². The molecule has 1 aromatic carbocycles. The van der Waals surface area contributed by atoms with Gasteiger partial charge in [0, 0.05) is 29.8 Å². The predicted molar refractivity (Wildman–Crippen MR) is 80.1 cm³/mol. The van der Waals surface area contributed by atoms with Crippen LogP contribution in [-0.4, -0.2) is 35.0 Å². The Bertz CT molecular complexity index is 783. The Hall–Kier alpha value is -1.67. The van der Waals surface area contributed by atoms with E-state index in [0.717, 1.165) is 5.69 Å². The second kappa shape index (κ2) is 5.98. The number of carboxylic acid groups (broad SMARTS) is 1. The molecule has 0 unspecified atom stereocenters. The lowest BCUT2D eigenvalue weighted by Crippen LogP contribution is -2.12. The highest BCUT2D eigenvalue weighted by molar-refractivity contribution is 9.10. The minimum absolute atomic E-state index is 0.00488. The highest BCUT2D eigenvalue weighted by Crippen LogP contribution is 2.22. The maximum absolute atomic E-state index is 12.3. The van der Waals surface area contributed by atoms with Crippen molar-refractivity contribution in [3.63, 3.8) is 0 Å². The zero-order valence-corrected chi connectivity index (χ0v) is 13.6. The second-order valence-electron chi connectivity index (χ2n) is 4.46. The summed E-state index contributed by atoms with van der Waals surface area (Å²) in [6.07, 6.45) is 1.92. The normalized spacial score (nSPS) is 11.5. The van der Waals surface area contributed by atoms with Gasteiger partial charge in [-0.25, -0.2) is 13.2 Å². The lowest BCUT2D eigenvalue weighted by Gasteiger charge is -2.07. The summed E-state index contributed by atoms with van der Waals surface area (Å²) in [5, 5.41) is 13.0. The summed E-state index contributed by atoms with van der Waals surface area (Å²) in [7, 11) is -1.81. The van der Waals surface area contributed by atoms with E-state index < -0.39 is 15.8 Å². The van der Waals surface area contributed by atoms with E-state index in [1.165, 1.54) is 18.2 Å². The van der Waals surface area contributed by atoms with Gasteiger partial charge in [-0.1, -0.05) is 0 Å². The summed E-state index contributed by atoms with van der Waals surface area (Å²) >= 11 is 3.09. The number of nitrogens with zero attached hydrogens (tertiary/aromatic N) is 2. The molecule has 0 aliphatic heterocycles. The largest absolute Gasteiger partial charge is 0.478 e. The number of hydrogen-bond acceptors (Lipinski definition) is 4. The molecule has 8 heteroatoms. The van der Waals surface area contributed by atoms with Gasteiger partial charge in [0.25, 0.3) is 0 Å². The minimum Gasteiger partial charge on any atom is -0.478 e. The molecule has 0 bridgehead atoms. The van der Waals surface area contributed by atoms with E-state index in [2.05, 4.69) is 21.0 Å². The van der Waals surface area contributed by atoms with Gasteiger partial charge in [-0.3, -0.25) is 4.68 Å². The maximum atomic E-state index is 12.3. The fraction of sp³-hybridized carbons (Fsp3) is 0.231. The average Bonchev–Trinajstić information content (AvgIpc) is 2.82. The van der Waals surface area contributed by atoms with Crippen LogP contribution in [0.5, 0.6) is 0 Å². The van der Waals surface area contributed by atoms with Crippen molar-refractivity contribution in [2.24, 2.45) is 7.05 Å². The van der Waals surface area contributed by atoms with Gasteiger partial charge in [-0.05, 0) is 40.2 Å². The number of rotatable bonds is 5. The zero-order valence-electron chi connectivity index (χ0n) is 11.2. The molecule has 0 atom stereocenters. The highest BCUT2D eigenvalue weighted by Gasteiger charge is 2.19. The van der Waals surface area contributed by atoms with Gasteiger partial charge in [0.1, 0.15) is 0 Å². The topological polar surface area (TPSA) is 89.3 Å². The lowest BCUT2D eigenvalue weighted by molar-refractivity contribution is 0.0695. The van der Waals surface area contributed by atoms with E-state index in [0.29, 0.717) is 10.9 Å². The molecule has 2 aromatic rings. The van der Waals surface area contributed by atoms with Crippen LogP contribution in [0.3, 0.4) is 0 Å². The van der Waals surface area contributed by atoms with Crippen molar-refractivity contribution >= 4 is 31.7 Å². The number of sulfone groups is 1. The van der Waals surface area contributed by atoms with Crippen molar-refractivity contribution in [3.8, 4) is 0 Å². The number of aryl methyl sites for hydroxylation is 2. The highest BCUT2D eigenvalue weighted by atomic mass is 79.9. The summed E-state index contributed by atoms with van der Waals surface area (Å²) in [6, 6.07) is 5.75. The molecule has 0 amide bonds. The van der Waals surface area contributed by atoms with E-state index in [1.807, 2.05) is 0 Å². The number of aromatic carboxylic acids is 1. The van der Waals surface area contributed by atoms with Crippen molar-refractivity contribution in [3.05, 3.63) is 46.2 Å². The van der Waals surface area contributed by atoms with E-state index >= 15 is 0 Å². The van der Waals surface area contributed by atoms with Crippen molar-refractivity contribution in [2.75, 3.05) is 5.75 Å². The average molecular weight is 373 g/mol. The number of hydrogen-bond donors (Lipinski definition) is 1. The Morgan fingerprint density at radius 3 is 2.67 bits per heavy atom. The van der Waals surface area contributed by atoms with Crippen LogP contribution in [0.15, 0.2) is 39.8 Å². The Morgan fingerprint density at radius 2 is 2.10 bits per heavy atom. The Labute approximate surface area is 130 Å². The van der Waals surface area contributed by atoms with Crippen LogP contribution in [0.4, 0.5) is 0 Å². The number of benzene rings is 1. The first kappa shape index (κ1) is 15.7. The van der Waals surface area contributed by atoms with Gasteiger partial charge < -0.3 is 5.11 Å². The van der Waals surface area contributed by atoms with Crippen LogP contribution >= 0.6 is 15.9 Å².